The van der Waals surface area contributed by atoms with Crippen LogP contribution < -0.4 is 5.32 Å². The number of thiazole rings is 1. The van der Waals surface area contributed by atoms with E-state index in [-0.39, 0.29) is 12.5 Å². The lowest BCUT2D eigenvalue weighted by atomic mass is 10.1. The molecule has 1 amide bonds. The van der Waals surface area contributed by atoms with Crippen molar-refractivity contribution in [2.24, 2.45) is 0 Å². The largest absolute Gasteiger partial charge is 0.343 e. The first-order valence-electron chi connectivity index (χ1n) is 7.75. The Kier molecular flexibility index (Phi) is 4.22. The molecule has 0 aliphatic carbocycles. The molecule has 0 aliphatic rings. The van der Waals surface area contributed by atoms with Crippen molar-refractivity contribution in [1.29, 1.82) is 0 Å². The third-order valence-corrected chi connectivity index (χ3v) is 4.50. The highest BCUT2D eigenvalue weighted by Crippen LogP contribution is 2.19. The Hall–Kier alpha value is -3.06. The molecule has 6 nitrogen and oxygen atoms in total. The molecule has 0 unspecified atom stereocenters. The lowest BCUT2D eigenvalue weighted by molar-refractivity contribution is 0.0946. The van der Waals surface area contributed by atoms with Crippen molar-refractivity contribution in [3.05, 3.63) is 76.9 Å². The van der Waals surface area contributed by atoms with Gasteiger partial charge in [-0.15, -0.1) is 11.3 Å². The maximum atomic E-state index is 12.3. The third kappa shape index (κ3) is 3.56. The van der Waals surface area contributed by atoms with Crippen LogP contribution in [0.3, 0.4) is 0 Å². The molecular formula is C18H14N4O2S. The molecule has 2 aromatic carbocycles. The summed E-state index contributed by atoms with van der Waals surface area (Å²) < 4.78 is 6.18. The van der Waals surface area contributed by atoms with Crippen LogP contribution in [0.1, 0.15) is 27.6 Å². The molecule has 4 aromatic rings. The number of carbonyl (C=O) groups excluding carboxylic acids is 1. The average Bonchev–Trinajstić information content (AvgIpc) is 3.29. The zero-order valence-corrected chi connectivity index (χ0v) is 14.0. The second kappa shape index (κ2) is 6.82. The lowest BCUT2D eigenvalue weighted by Gasteiger charge is -2.02. The fraction of sp³-hybridized carbons (Fsp3) is 0.111. The minimum Gasteiger partial charge on any atom is -0.343 e. The van der Waals surface area contributed by atoms with Gasteiger partial charge in [-0.2, -0.15) is 4.98 Å². The Morgan fingerprint density at radius 3 is 2.92 bits per heavy atom. The van der Waals surface area contributed by atoms with E-state index in [1.54, 1.807) is 11.6 Å². The number of nitrogens with one attached hydrogen (secondary N) is 1. The second-order valence-electron chi connectivity index (χ2n) is 5.48. The first-order valence-corrected chi connectivity index (χ1v) is 8.63. The van der Waals surface area contributed by atoms with E-state index in [1.807, 2.05) is 42.5 Å². The maximum absolute atomic E-state index is 12.3. The van der Waals surface area contributed by atoms with Crippen LogP contribution in [0.2, 0.25) is 0 Å². The normalized spacial score (nSPS) is 10.9. The number of aromatic nitrogens is 3. The van der Waals surface area contributed by atoms with Crippen LogP contribution in [0, 0.1) is 0 Å². The average molecular weight is 350 g/mol. The van der Waals surface area contributed by atoms with E-state index in [4.69, 9.17) is 4.52 Å². The molecule has 0 aliphatic heterocycles. The Morgan fingerprint density at radius 2 is 2.04 bits per heavy atom. The molecule has 0 spiro atoms. The maximum Gasteiger partial charge on any atom is 0.251 e. The highest BCUT2D eigenvalue weighted by atomic mass is 32.1. The van der Waals surface area contributed by atoms with Gasteiger partial charge in [0.2, 0.25) is 5.89 Å². The van der Waals surface area contributed by atoms with Crippen LogP contribution >= 0.6 is 11.3 Å². The highest BCUT2D eigenvalue weighted by molar-refractivity contribution is 7.16. The molecular weight excluding hydrogens is 336 g/mol. The fourth-order valence-electron chi connectivity index (χ4n) is 2.47. The molecule has 0 atom stereocenters. The first-order chi connectivity index (χ1) is 12.3. The Morgan fingerprint density at radius 1 is 1.16 bits per heavy atom. The molecule has 124 valence electrons. The molecule has 0 radical (unpaired) electrons. The number of benzene rings is 2. The van der Waals surface area contributed by atoms with Crippen molar-refractivity contribution < 1.29 is 9.32 Å². The summed E-state index contributed by atoms with van der Waals surface area (Å²) in [6.07, 6.45) is 0.598. The molecule has 0 saturated carbocycles. The second-order valence-corrected chi connectivity index (χ2v) is 6.37. The minimum absolute atomic E-state index is 0.182. The Bertz CT molecular complexity index is 1010. The van der Waals surface area contributed by atoms with Gasteiger partial charge in [0.05, 0.1) is 22.3 Å². The number of nitrogens with zero attached hydrogens (tertiary/aromatic N) is 3. The summed E-state index contributed by atoms with van der Waals surface area (Å²) in [4.78, 5) is 20.8. The zero-order chi connectivity index (χ0) is 17.1. The molecule has 0 bridgehead atoms. The lowest BCUT2D eigenvalue weighted by Crippen LogP contribution is -2.22. The van der Waals surface area contributed by atoms with Gasteiger partial charge in [-0.05, 0) is 23.8 Å². The van der Waals surface area contributed by atoms with Crippen LogP contribution in [0.25, 0.3) is 10.2 Å². The number of rotatable bonds is 5. The van der Waals surface area contributed by atoms with E-state index in [9.17, 15) is 4.79 Å². The van der Waals surface area contributed by atoms with Crippen LogP contribution in [-0.4, -0.2) is 21.0 Å². The molecule has 0 fully saturated rings. The molecule has 2 aromatic heterocycles. The van der Waals surface area contributed by atoms with Crippen molar-refractivity contribution in [2.45, 2.75) is 13.0 Å². The number of carbonyl (C=O) groups is 1. The van der Waals surface area contributed by atoms with E-state index in [1.165, 1.54) is 11.3 Å². The number of hydrogen-bond acceptors (Lipinski definition) is 6. The van der Waals surface area contributed by atoms with Gasteiger partial charge in [-0.1, -0.05) is 35.5 Å². The van der Waals surface area contributed by atoms with Crippen molar-refractivity contribution in [2.75, 3.05) is 0 Å². The number of fused-ring (bicyclic) bond motifs is 1. The van der Waals surface area contributed by atoms with Gasteiger partial charge in [-0.25, -0.2) is 4.98 Å². The predicted octanol–water partition coefficient (Wildman–Crippen LogP) is 3.20. The van der Waals surface area contributed by atoms with Gasteiger partial charge in [0, 0.05) is 12.0 Å². The van der Waals surface area contributed by atoms with Crippen LogP contribution in [-0.2, 0) is 13.0 Å². The first kappa shape index (κ1) is 15.5. The molecule has 7 heteroatoms. The van der Waals surface area contributed by atoms with Gasteiger partial charge in [0.15, 0.2) is 5.82 Å². The Labute approximate surface area is 147 Å². The summed E-state index contributed by atoms with van der Waals surface area (Å²) in [5.41, 5.74) is 4.35. The molecule has 2 heterocycles. The third-order valence-electron chi connectivity index (χ3n) is 3.71. The van der Waals surface area contributed by atoms with E-state index < -0.39 is 0 Å². The van der Waals surface area contributed by atoms with Crippen LogP contribution in [0.4, 0.5) is 0 Å². The summed E-state index contributed by atoms with van der Waals surface area (Å²) in [6, 6.07) is 15.3. The van der Waals surface area contributed by atoms with Gasteiger partial charge in [-0.3, -0.25) is 4.79 Å². The van der Waals surface area contributed by atoms with Gasteiger partial charge >= 0.3 is 0 Å². The summed E-state index contributed by atoms with van der Waals surface area (Å²) in [7, 11) is 0. The van der Waals surface area contributed by atoms with Crippen molar-refractivity contribution in [3.63, 3.8) is 0 Å². The topological polar surface area (TPSA) is 80.9 Å². The molecule has 25 heavy (non-hydrogen) atoms. The molecule has 1 N–H and O–H groups in total. The summed E-state index contributed by atoms with van der Waals surface area (Å²) in [6.45, 7) is 0.196. The molecule has 4 rings (SSSR count). The number of hydrogen-bond donors (Lipinski definition) is 1. The van der Waals surface area contributed by atoms with Gasteiger partial charge < -0.3 is 9.84 Å². The summed E-state index contributed by atoms with van der Waals surface area (Å²) in [5.74, 6) is 0.804. The van der Waals surface area contributed by atoms with Gasteiger partial charge in [0.25, 0.3) is 5.91 Å². The smallest absolute Gasteiger partial charge is 0.251 e. The van der Waals surface area contributed by atoms with E-state index >= 15 is 0 Å². The quantitative estimate of drug-likeness (QED) is 0.598. The monoisotopic (exact) mass is 350 g/mol. The highest BCUT2D eigenvalue weighted by Gasteiger charge is 2.11. The molecule has 0 saturated heterocycles. The predicted molar refractivity (Wildman–Crippen MR) is 94.3 cm³/mol. The summed E-state index contributed by atoms with van der Waals surface area (Å²) >= 11 is 1.51. The van der Waals surface area contributed by atoms with Crippen molar-refractivity contribution >= 4 is 27.5 Å². The van der Waals surface area contributed by atoms with Crippen LogP contribution in [0.5, 0.6) is 0 Å². The van der Waals surface area contributed by atoms with E-state index in [0.29, 0.717) is 23.7 Å². The van der Waals surface area contributed by atoms with E-state index in [0.717, 1.165) is 15.8 Å². The fourth-order valence-corrected chi connectivity index (χ4v) is 3.18. The SMILES string of the molecule is O=C(NCc1nc(Cc2ccccc2)no1)c1ccc2ncsc2c1. The van der Waals surface area contributed by atoms with E-state index in [2.05, 4.69) is 20.4 Å². The van der Waals surface area contributed by atoms with Crippen molar-refractivity contribution in [3.8, 4) is 0 Å². The number of amides is 1. The van der Waals surface area contributed by atoms with Crippen LogP contribution in [0.15, 0.2) is 58.6 Å². The summed E-state index contributed by atoms with van der Waals surface area (Å²) in [5, 5.41) is 6.75. The zero-order valence-electron chi connectivity index (χ0n) is 13.2. The minimum atomic E-state index is -0.182. The Balaban J connectivity index is 1.38. The van der Waals surface area contributed by atoms with Gasteiger partial charge in [0.1, 0.15) is 0 Å². The van der Waals surface area contributed by atoms with Crippen molar-refractivity contribution in [1.82, 2.24) is 20.4 Å². The standard InChI is InChI=1S/C18H14N4O2S/c23-18(13-6-7-14-15(9-13)25-11-20-14)19-10-17-21-16(22-24-17)8-12-4-2-1-3-5-12/h1-7,9,11H,8,10H2,(H,19,23).